The van der Waals surface area contributed by atoms with Gasteiger partial charge in [-0.1, -0.05) is 49.7 Å². The molecule has 1 fully saturated rings. The van der Waals surface area contributed by atoms with E-state index in [-0.39, 0.29) is 5.91 Å². The number of carbonyl (C=O) groups excluding carboxylic acids is 1. The summed E-state index contributed by atoms with van der Waals surface area (Å²) in [5.41, 5.74) is 2.04. The van der Waals surface area contributed by atoms with Crippen LogP contribution < -0.4 is 5.32 Å². The van der Waals surface area contributed by atoms with Gasteiger partial charge in [0, 0.05) is 11.7 Å². The highest BCUT2D eigenvalue weighted by molar-refractivity contribution is 7.13. The maximum Gasteiger partial charge on any atom is 0.286 e. The van der Waals surface area contributed by atoms with E-state index in [0.717, 1.165) is 23.7 Å². The van der Waals surface area contributed by atoms with Crippen molar-refractivity contribution in [1.82, 2.24) is 15.1 Å². The first-order valence-corrected chi connectivity index (χ1v) is 9.90. The Balaban J connectivity index is 1.57. The van der Waals surface area contributed by atoms with E-state index in [1.807, 2.05) is 24.3 Å². The van der Waals surface area contributed by atoms with Crippen LogP contribution in [0.25, 0.3) is 0 Å². The Morgan fingerprint density at radius 3 is 2.60 bits per heavy atom. The van der Waals surface area contributed by atoms with Crippen LogP contribution in [0, 0.1) is 0 Å². The van der Waals surface area contributed by atoms with Crippen LogP contribution >= 0.6 is 11.3 Å². The van der Waals surface area contributed by atoms with Gasteiger partial charge in [-0.2, -0.15) is 0 Å². The maximum absolute atomic E-state index is 12.4. The highest BCUT2D eigenvalue weighted by Crippen LogP contribution is 2.23. The van der Waals surface area contributed by atoms with Crippen molar-refractivity contribution in [2.75, 3.05) is 12.4 Å². The fraction of sp³-hybridized carbons (Fsp3) is 0.526. The van der Waals surface area contributed by atoms with Gasteiger partial charge in [0.15, 0.2) is 0 Å². The second-order valence-electron chi connectivity index (χ2n) is 6.71. The minimum atomic E-state index is -0.187. The molecule has 1 aliphatic carbocycles. The molecule has 134 valence electrons. The molecule has 2 aromatic rings. The Morgan fingerprint density at radius 2 is 1.92 bits per heavy atom. The first-order valence-electron chi connectivity index (χ1n) is 9.08. The zero-order valence-electron chi connectivity index (χ0n) is 15.0. The van der Waals surface area contributed by atoms with Crippen LogP contribution in [0.1, 0.15) is 59.4 Å². The third-order valence-electron chi connectivity index (χ3n) is 4.86. The van der Waals surface area contributed by atoms with Crippen molar-refractivity contribution in [3.05, 3.63) is 39.8 Å². The average molecular weight is 359 g/mol. The number of nitrogens with zero attached hydrogens (tertiary/aromatic N) is 3. The second-order valence-corrected chi connectivity index (χ2v) is 7.77. The molecular weight excluding hydrogens is 332 g/mol. The molecule has 1 saturated carbocycles. The van der Waals surface area contributed by atoms with Gasteiger partial charge in [-0.05, 0) is 44.0 Å². The molecule has 1 heterocycles. The zero-order chi connectivity index (χ0) is 17.6. The highest BCUT2D eigenvalue weighted by atomic mass is 32.1. The van der Waals surface area contributed by atoms with Crippen LogP contribution in [0.2, 0.25) is 0 Å². The number of hydrogen-bond acceptors (Lipinski definition) is 5. The Morgan fingerprint density at radius 1 is 1.20 bits per heavy atom. The second kappa shape index (κ2) is 8.54. The van der Waals surface area contributed by atoms with Gasteiger partial charge >= 0.3 is 0 Å². The Labute approximate surface area is 153 Å². The van der Waals surface area contributed by atoms with E-state index >= 15 is 0 Å². The number of aryl methyl sites for hydroxylation is 1. The minimum Gasteiger partial charge on any atom is -0.320 e. The zero-order valence-corrected chi connectivity index (χ0v) is 15.8. The summed E-state index contributed by atoms with van der Waals surface area (Å²) in [6.07, 6.45) is 7.49. The third-order valence-corrected chi connectivity index (χ3v) is 5.77. The van der Waals surface area contributed by atoms with Crippen molar-refractivity contribution >= 4 is 22.9 Å². The summed E-state index contributed by atoms with van der Waals surface area (Å²) in [4.78, 5) is 14.7. The summed E-state index contributed by atoms with van der Waals surface area (Å²) < 4.78 is 0. The van der Waals surface area contributed by atoms with E-state index in [1.54, 1.807) is 0 Å². The van der Waals surface area contributed by atoms with E-state index in [9.17, 15) is 4.79 Å². The lowest BCUT2D eigenvalue weighted by atomic mass is 9.94. The maximum atomic E-state index is 12.4. The normalized spacial score (nSPS) is 15.5. The Kier molecular flexibility index (Phi) is 6.15. The molecular formula is C19H26N4OS. The third kappa shape index (κ3) is 4.86. The molecule has 0 atom stereocenters. The molecule has 25 heavy (non-hydrogen) atoms. The van der Waals surface area contributed by atoms with E-state index in [2.05, 4.69) is 34.4 Å². The lowest BCUT2D eigenvalue weighted by Gasteiger charge is -2.30. The van der Waals surface area contributed by atoms with Crippen LogP contribution in [-0.4, -0.2) is 34.1 Å². The minimum absolute atomic E-state index is 0.187. The van der Waals surface area contributed by atoms with Gasteiger partial charge < -0.3 is 5.32 Å². The number of benzene rings is 1. The Bertz CT molecular complexity index is 692. The molecule has 0 radical (unpaired) electrons. The molecule has 1 aromatic carbocycles. The molecule has 1 aromatic heterocycles. The topological polar surface area (TPSA) is 58.1 Å². The first kappa shape index (κ1) is 18.0. The van der Waals surface area contributed by atoms with Crippen LogP contribution in [0.4, 0.5) is 5.69 Å². The van der Waals surface area contributed by atoms with Gasteiger partial charge in [-0.15, -0.1) is 10.2 Å². The van der Waals surface area contributed by atoms with E-state index < -0.39 is 0 Å². The fourth-order valence-corrected chi connectivity index (χ4v) is 4.08. The van der Waals surface area contributed by atoms with Crippen molar-refractivity contribution in [1.29, 1.82) is 0 Å². The van der Waals surface area contributed by atoms with Crippen molar-refractivity contribution in [2.24, 2.45) is 0 Å². The SMILES string of the molecule is CCc1ccc(NC(=O)c2nnc(CN(C)C3CCCCC3)s2)cc1. The number of nitrogens with one attached hydrogen (secondary N) is 1. The smallest absolute Gasteiger partial charge is 0.286 e. The summed E-state index contributed by atoms with van der Waals surface area (Å²) in [6.45, 7) is 2.88. The molecule has 1 N–H and O–H groups in total. The van der Waals surface area contributed by atoms with Crippen molar-refractivity contribution < 1.29 is 4.79 Å². The monoisotopic (exact) mass is 358 g/mol. The van der Waals surface area contributed by atoms with Crippen LogP contribution in [0.15, 0.2) is 24.3 Å². The number of anilines is 1. The largest absolute Gasteiger partial charge is 0.320 e. The summed E-state index contributed by atoms with van der Waals surface area (Å²) in [5, 5.41) is 12.5. The lowest BCUT2D eigenvalue weighted by molar-refractivity contribution is 0.102. The fourth-order valence-electron chi connectivity index (χ4n) is 3.28. The van der Waals surface area contributed by atoms with Crippen molar-refractivity contribution in [3.8, 4) is 0 Å². The van der Waals surface area contributed by atoms with Gasteiger partial charge in [0.1, 0.15) is 5.01 Å². The van der Waals surface area contributed by atoms with E-state index in [1.165, 1.54) is 49.0 Å². The quantitative estimate of drug-likeness (QED) is 0.844. The summed E-state index contributed by atoms with van der Waals surface area (Å²) in [5.74, 6) is -0.187. The van der Waals surface area contributed by atoms with Crippen LogP contribution in [0.3, 0.4) is 0 Å². The van der Waals surface area contributed by atoms with Gasteiger partial charge in [-0.25, -0.2) is 0 Å². The first-order chi connectivity index (χ1) is 12.2. The molecule has 0 bridgehead atoms. The number of aromatic nitrogens is 2. The summed E-state index contributed by atoms with van der Waals surface area (Å²) >= 11 is 1.38. The molecule has 0 spiro atoms. The molecule has 3 rings (SSSR count). The van der Waals surface area contributed by atoms with Gasteiger partial charge in [0.05, 0.1) is 6.54 Å². The standard InChI is InChI=1S/C19H26N4OS/c1-3-14-9-11-15(12-10-14)20-18(24)19-22-21-17(25-19)13-23(2)16-7-5-4-6-8-16/h9-12,16H,3-8,13H2,1-2H3,(H,20,24). The molecule has 5 nitrogen and oxygen atoms in total. The molecule has 1 aliphatic rings. The molecule has 0 saturated heterocycles. The van der Waals surface area contributed by atoms with Crippen LogP contribution in [-0.2, 0) is 13.0 Å². The molecule has 6 heteroatoms. The average Bonchev–Trinajstić information content (AvgIpc) is 3.12. The molecule has 0 aliphatic heterocycles. The van der Waals surface area contributed by atoms with Crippen LogP contribution in [0.5, 0.6) is 0 Å². The van der Waals surface area contributed by atoms with E-state index in [4.69, 9.17) is 0 Å². The molecule has 1 amide bonds. The van der Waals surface area contributed by atoms with Crippen molar-refractivity contribution in [3.63, 3.8) is 0 Å². The Hall–Kier alpha value is -1.79. The number of amides is 1. The van der Waals surface area contributed by atoms with E-state index in [0.29, 0.717) is 11.0 Å². The predicted molar refractivity (Wildman–Crippen MR) is 102 cm³/mol. The van der Waals surface area contributed by atoms with Crippen molar-refractivity contribution in [2.45, 2.75) is 58.0 Å². The van der Waals surface area contributed by atoms with Gasteiger partial charge in [0.25, 0.3) is 5.91 Å². The summed E-state index contributed by atoms with van der Waals surface area (Å²) in [7, 11) is 2.15. The highest BCUT2D eigenvalue weighted by Gasteiger charge is 2.20. The molecule has 0 unspecified atom stereocenters. The predicted octanol–water partition coefficient (Wildman–Crippen LogP) is 4.12. The number of hydrogen-bond donors (Lipinski definition) is 1. The van der Waals surface area contributed by atoms with Gasteiger partial charge in [0.2, 0.25) is 5.01 Å². The lowest BCUT2D eigenvalue weighted by Crippen LogP contribution is -2.32. The summed E-state index contributed by atoms with van der Waals surface area (Å²) in [6, 6.07) is 8.54. The van der Waals surface area contributed by atoms with Gasteiger partial charge in [-0.3, -0.25) is 9.69 Å². The number of carbonyl (C=O) groups is 1. The number of rotatable bonds is 6.